The lowest BCUT2D eigenvalue weighted by Crippen LogP contribution is -2.46. The standard InChI is InChI=1S/C8H13N5O3S/c1-3-4(2)5(6(14)15)9-7(16)10-8-11-12-13-17-8/h4-5H,3H2,1-2H3,(H,14,15)(H2,9,10,11,13,16)/t4-,5-/m0/s1. The second-order valence-corrected chi connectivity index (χ2v) is 4.20. The molecule has 2 atom stereocenters. The van der Waals surface area contributed by atoms with Gasteiger partial charge in [-0.3, -0.25) is 5.32 Å². The Bertz CT molecular complexity index is 383. The number of nitrogens with one attached hydrogen (secondary N) is 2. The summed E-state index contributed by atoms with van der Waals surface area (Å²) in [6.07, 6.45) is 0.650. The van der Waals surface area contributed by atoms with Gasteiger partial charge >= 0.3 is 12.0 Å². The largest absolute Gasteiger partial charge is 0.480 e. The van der Waals surface area contributed by atoms with Gasteiger partial charge in [-0.15, -0.1) is 0 Å². The van der Waals surface area contributed by atoms with Crippen LogP contribution in [0.25, 0.3) is 0 Å². The van der Waals surface area contributed by atoms with Crippen molar-refractivity contribution >= 4 is 28.7 Å². The van der Waals surface area contributed by atoms with Gasteiger partial charge < -0.3 is 10.4 Å². The first-order valence-corrected chi connectivity index (χ1v) is 5.77. The number of nitrogens with zero attached hydrogens (tertiary/aromatic N) is 3. The fraction of sp³-hybridized carbons (Fsp3) is 0.625. The van der Waals surface area contributed by atoms with Gasteiger partial charge in [-0.1, -0.05) is 29.9 Å². The molecule has 3 N–H and O–H groups in total. The second kappa shape index (κ2) is 6.09. The number of anilines is 1. The van der Waals surface area contributed by atoms with Gasteiger partial charge in [0.2, 0.25) is 5.13 Å². The van der Waals surface area contributed by atoms with E-state index < -0.39 is 18.0 Å². The van der Waals surface area contributed by atoms with E-state index >= 15 is 0 Å². The fourth-order valence-electron chi connectivity index (χ4n) is 1.14. The van der Waals surface area contributed by atoms with Crippen LogP contribution in [0, 0.1) is 5.92 Å². The molecule has 0 aliphatic carbocycles. The van der Waals surface area contributed by atoms with Crippen LogP contribution in [-0.2, 0) is 4.79 Å². The van der Waals surface area contributed by atoms with Crippen molar-refractivity contribution in [2.75, 3.05) is 5.32 Å². The number of urea groups is 1. The van der Waals surface area contributed by atoms with Crippen LogP contribution in [0.15, 0.2) is 0 Å². The molecule has 1 aromatic heterocycles. The summed E-state index contributed by atoms with van der Waals surface area (Å²) in [7, 11) is 0. The molecule has 0 spiro atoms. The molecule has 0 saturated carbocycles. The Morgan fingerprint density at radius 3 is 2.71 bits per heavy atom. The van der Waals surface area contributed by atoms with Gasteiger partial charge in [-0.2, -0.15) is 0 Å². The summed E-state index contributed by atoms with van der Waals surface area (Å²) in [6.45, 7) is 3.61. The number of hydrogen-bond acceptors (Lipinski definition) is 6. The average Bonchev–Trinajstić information content (AvgIpc) is 2.77. The predicted octanol–water partition coefficient (Wildman–Crippen LogP) is 0.554. The van der Waals surface area contributed by atoms with E-state index in [9.17, 15) is 9.59 Å². The molecule has 1 heterocycles. The van der Waals surface area contributed by atoms with Crippen molar-refractivity contribution in [3.05, 3.63) is 0 Å². The molecule has 94 valence electrons. The topological polar surface area (TPSA) is 117 Å². The monoisotopic (exact) mass is 259 g/mol. The molecular formula is C8H13N5O3S. The molecule has 9 heteroatoms. The van der Waals surface area contributed by atoms with Crippen LogP contribution in [-0.4, -0.2) is 37.9 Å². The molecule has 0 saturated heterocycles. The summed E-state index contributed by atoms with van der Waals surface area (Å²) in [6, 6.07) is -1.56. The number of carboxylic acids is 1. The third-order valence-corrected chi connectivity index (χ3v) is 2.80. The first-order chi connectivity index (χ1) is 8.04. The maximum absolute atomic E-state index is 11.5. The molecule has 17 heavy (non-hydrogen) atoms. The third-order valence-electron chi connectivity index (χ3n) is 2.29. The fourth-order valence-corrected chi connectivity index (χ4v) is 1.50. The summed E-state index contributed by atoms with van der Waals surface area (Å²) < 4.78 is 3.46. The second-order valence-electron chi connectivity index (χ2n) is 3.47. The minimum Gasteiger partial charge on any atom is -0.480 e. The number of carboxylic acid groups (broad SMARTS) is 1. The first kappa shape index (κ1) is 13.3. The van der Waals surface area contributed by atoms with Gasteiger partial charge in [0.15, 0.2) is 0 Å². The van der Waals surface area contributed by atoms with Crippen molar-refractivity contribution in [1.29, 1.82) is 0 Å². The Kier molecular flexibility index (Phi) is 4.76. The third kappa shape index (κ3) is 3.94. The van der Waals surface area contributed by atoms with Crippen molar-refractivity contribution in [2.45, 2.75) is 26.3 Å². The molecule has 0 bridgehead atoms. The van der Waals surface area contributed by atoms with Crippen LogP contribution in [0.4, 0.5) is 9.93 Å². The van der Waals surface area contributed by atoms with E-state index in [1.54, 1.807) is 6.92 Å². The minimum atomic E-state index is -1.06. The Morgan fingerprint density at radius 1 is 1.53 bits per heavy atom. The van der Waals surface area contributed by atoms with Crippen LogP contribution >= 0.6 is 11.5 Å². The predicted molar refractivity (Wildman–Crippen MR) is 60.7 cm³/mol. The Labute approximate surface area is 102 Å². The zero-order chi connectivity index (χ0) is 12.8. The van der Waals surface area contributed by atoms with Gasteiger partial charge in [-0.05, 0) is 11.1 Å². The average molecular weight is 259 g/mol. The number of carbonyl (C=O) groups excluding carboxylic acids is 1. The Balaban J connectivity index is 2.55. The molecule has 1 aromatic rings. The quantitative estimate of drug-likeness (QED) is 0.711. The molecule has 0 aromatic carbocycles. The summed E-state index contributed by atoms with van der Waals surface area (Å²) in [5.74, 6) is -1.23. The van der Waals surface area contributed by atoms with E-state index in [1.165, 1.54) is 0 Å². The molecule has 0 aliphatic rings. The molecule has 8 nitrogen and oxygen atoms in total. The van der Waals surface area contributed by atoms with E-state index in [1.807, 2.05) is 6.92 Å². The maximum atomic E-state index is 11.5. The van der Waals surface area contributed by atoms with Crippen molar-refractivity contribution in [3.8, 4) is 0 Å². The van der Waals surface area contributed by atoms with Crippen LogP contribution in [0.5, 0.6) is 0 Å². The zero-order valence-electron chi connectivity index (χ0n) is 9.38. The van der Waals surface area contributed by atoms with Crippen molar-refractivity contribution in [3.63, 3.8) is 0 Å². The highest BCUT2D eigenvalue weighted by molar-refractivity contribution is 7.09. The van der Waals surface area contributed by atoms with Gasteiger partial charge in [0.25, 0.3) is 0 Å². The zero-order valence-corrected chi connectivity index (χ0v) is 10.2. The molecule has 0 fully saturated rings. The van der Waals surface area contributed by atoms with E-state index in [0.29, 0.717) is 6.42 Å². The molecule has 0 aliphatic heterocycles. The lowest BCUT2D eigenvalue weighted by Gasteiger charge is -2.19. The summed E-state index contributed by atoms with van der Waals surface area (Å²) >= 11 is 0.909. The molecule has 2 amide bonds. The molecule has 1 rings (SSSR count). The Hall–Kier alpha value is -1.77. The summed E-state index contributed by atoms with van der Waals surface area (Å²) in [4.78, 5) is 22.4. The summed E-state index contributed by atoms with van der Waals surface area (Å²) in [5, 5.41) is 20.7. The number of aromatic nitrogens is 3. The van der Waals surface area contributed by atoms with Crippen molar-refractivity contribution in [1.82, 2.24) is 20.1 Å². The number of rotatable bonds is 5. The van der Waals surface area contributed by atoms with Crippen LogP contribution in [0.3, 0.4) is 0 Å². The van der Waals surface area contributed by atoms with Gasteiger partial charge in [0.05, 0.1) is 0 Å². The maximum Gasteiger partial charge on any atom is 0.326 e. The highest BCUT2D eigenvalue weighted by Gasteiger charge is 2.25. The molecular weight excluding hydrogens is 246 g/mol. The normalized spacial score (nSPS) is 13.8. The Morgan fingerprint density at radius 2 is 2.24 bits per heavy atom. The van der Waals surface area contributed by atoms with Crippen LogP contribution in [0.1, 0.15) is 20.3 Å². The van der Waals surface area contributed by atoms with E-state index in [4.69, 9.17) is 5.11 Å². The van der Waals surface area contributed by atoms with Crippen molar-refractivity contribution < 1.29 is 14.7 Å². The van der Waals surface area contributed by atoms with Crippen LogP contribution < -0.4 is 10.6 Å². The van der Waals surface area contributed by atoms with Gasteiger partial charge in [-0.25, -0.2) is 9.59 Å². The minimum absolute atomic E-state index is 0.161. The smallest absolute Gasteiger partial charge is 0.326 e. The highest BCUT2D eigenvalue weighted by atomic mass is 32.1. The van der Waals surface area contributed by atoms with E-state index in [2.05, 4.69) is 25.4 Å². The van der Waals surface area contributed by atoms with Gasteiger partial charge in [0.1, 0.15) is 6.04 Å². The number of carbonyl (C=O) groups is 2. The van der Waals surface area contributed by atoms with Crippen LogP contribution in [0.2, 0.25) is 0 Å². The van der Waals surface area contributed by atoms with Crippen molar-refractivity contribution in [2.24, 2.45) is 5.92 Å². The SMILES string of the molecule is CC[C@H](C)[C@H](NC(=O)Nc1nnns1)C(=O)O. The number of amides is 2. The lowest BCUT2D eigenvalue weighted by molar-refractivity contribution is -0.140. The van der Waals surface area contributed by atoms with E-state index in [-0.39, 0.29) is 11.0 Å². The first-order valence-electron chi connectivity index (χ1n) is 5.00. The van der Waals surface area contributed by atoms with E-state index in [0.717, 1.165) is 11.5 Å². The molecule has 0 radical (unpaired) electrons. The lowest BCUT2D eigenvalue weighted by atomic mass is 10.00. The molecule has 0 unspecified atom stereocenters. The highest BCUT2D eigenvalue weighted by Crippen LogP contribution is 2.09. The summed E-state index contributed by atoms with van der Waals surface area (Å²) in [5.41, 5.74) is 0. The number of hydrogen-bond donors (Lipinski definition) is 3. The number of aliphatic carboxylic acids is 1. The van der Waals surface area contributed by atoms with Gasteiger partial charge in [0, 0.05) is 11.5 Å².